The van der Waals surface area contributed by atoms with Crippen LogP contribution >= 0.6 is 11.3 Å². The number of ether oxygens (including phenoxy) is 1. The first-order chi connectivity index (χ1) is 10.1. The van der Waals surface area contributed by atoms with E-state index < -0.39 is 5.97 Å². The van der Waals surface area contributed by atoms with E-state index in [1.807, 2.05) is 7.05 Å². The van der Waals surface area contributed by atoms with Crippen molar-refractivity contribution in [1.29, 1.82) is 0 Å². The summed E-state index contributed by atoms with van der Waals surface area (Å²) in [5, 5.41) is 13.3. The standard InChI is InChI=1S/C14H20N2O4S/c1-16(10-3-7-20-8-4-10)6-2-12(17)15-11-5-9-21-13(11)14(18)19/h5,9-10H,2-4,6-8H2,1H3,(H,15,17)(H,18,19). The second-order valence-electron chi connectivity index (χ2n) is 5.09. The van der Waals surface area contributed by atoms with Crippen LogP contribution in [0, 0.1) is 0 Å². The molecule has 116 valence electrons. The van der Waals surface area contributed by atoms with E-state index in [-0.39, 0.29) is 10.8 Å². The van der Waals surface area contributed by atoms with Crippen molar-refractivity contribution in [2.75, 3.05) is 32.1 Å². The van der Waals surface area contributed by atoms with Crippen LogP contribution in [-0.2, 0) is 9.53 Å². The number of carbonyl (C=O) groups excluding carboxylic acids is 1. The van der Waals surface area contributed by atoms with Gasteiger partial charge in [-0.25, -0.2) is 4.79 Å². The van der Waals surface area contributed by atoms with Gasteiger partial charge < -0.3 is 20.1 Å². The molecule has 2 N–H and O–H groups in total. The average Bonchev–Trinajstić information content (AvgIpc) is 2.94. The van der Waals surface area contributed by atoms with E-state index in [0.717, 1.165) is 37.4 Å². The van der Waals surface area contributed by atoms with Crippen LogP contribution in [0.4, 0.5) is 5.69 Å². The number of amides is 1. The van der Waals surface area contributed by atoms with E-state index >= 15 is 0 Å². The quantitative estimate of drug-likeness (QED) is 0.838. The molecule has 6 nitrogen and oxygen atoms in total. The largest absolute Gasteiger partial charge is 0.477 e. The number of nitrogens with zero attached hydrogens (tertiary/aromatic N) is 1. The number of thiophene rings is 1. The third-order valence-corrected chi connectivity index (χ3v) is 4.54. The monoisotopic (exact) mass is 312 g/mol. The maximum atomic E-state index is 11.9. The zero-order valence-electron chi connectivity index (χ0n) is 12.0. The Morgan fingerprint density at radius 2 is 2.19 bits per heavy atom. The lowest BCUT2D eigenvalue weighted by Crippen LogP contribution is -2.38. The Labute approximate surface area is 127 Å². The molecular weight excluding hydrogens is 292 g/mol. The molecule has 0 aromatic carbocycles. The first-order valence-corrected chi connectivity index (χ1v) is 7.84. The van der Waals surface area contributed by atoms with Crippen LogP contribution in [0.2, 0.25) is 0 Å². The maximum absolute atomic E-state index is 11.9. The molecule has 0 saturated carbocycles. The van der Waals surface area contributed by atoms with Crippen LogP contribution in [0.5, 0.6) is 0 Å². The minimum Gasteiger partial charge on any atom is -0.477 e. The van der Waals surface area contributed by atoms with Gasteiger partial charge in [0.05, 0.1) is 5.69 Å². The van der Waals surface area contributed by atoms with E-state index in [4.69, 9.17) is 9.84 Å². The fourth-order valence-corrected chi connectivity index (χ4v) is 3.06. The first kappa shape index (κ1) is 15.9. The van der Waals surface area contributed by atoms with Gasteiger partial charge in [-0.3, -0.25) is 4.79 Å². The maximum Gasteiger partial charge on any atom is 0.348 e. The van der Waals surface area contributed by atoms with Gasteiger partial charge in [0.2, 0.25) is 5.91 Å². The number of nitrogens with one attached hydrogen (secondary N) is 1. The van der Waals surface area contributed by atoms with E-state index in [1.54, 1.807) is 11.4 Å². The zero-order valence-corrected chi connectivity index (χ0v) is 12.8. The third-order valence-electron chi connectivity index (χ3n) is 3.64. The summed E-state index contributed by atoms with van der Waals surface area (Å²) in [5.41, 5.74) is 0.381. The summed E-state index contributed by atoms with van der Waals surface area (Å²) in [7, 11) is 2.01. The number of carboxylic acid groups (broad SMARTS) is 1. The van der Waals surface area contributed by atoms with Crippen molar-refractivity contribution in [2.24, 2.45) is 0 Å². The van der Waals surface area contributed by atoms with Crippen LogP contribution in [0.25, 0.3) is 0 Å². The van der Waals surface area contributed by atoms with Gasteiger partial charge in [-0.2, -0.15) is 0 Å². The van der Waals surface area contributed by atoms with Gasteiger partial charge >= 0.3 is 5.97 Å². The summed E-state index contributed by atoms with van der Waals surface area (Å²) in [6, 6.07) is 2.08. The molecule has 0 bridgehead atoms. The number of hydrogen-bond donors (Lipinski definition) is 2. The van der Waals surface area contributed by atoms with Gasteiger partial charge in [0.25, 0.3) is 0 Å². The van der Waals surface area contributed by atoms with Gasteiger partial charge in [-0.15, -0.1) is 11.3 Å². The van der Waals surface area contributed by atoms with Gasteiger partial charge in [-0.05, 0) is 31.3 Å². The summed E-state index contributed by atoms with van der Waals surface area (Å²) >= 11 is 1.11. The normalized spacial score (nSPS) is 16.1. The van der Waals surface area contributed by atoms with Crippen molar-refractivity contribution in [1.82, 2.24) is 4.90 Å². The lowest BCUT2D eigenvalue weighted by molar-refractivity contribution is -0.116. The van der Waals surface area contributed by atoms with Crippen molar-refractivity contribution in [3.05, 3.63) is 16.3 Å². The van der Waals surface area contributed by atoms with Crippen molar-refractivity contribution in [2.45, 2.75) is 25.3 Å². The van der Waals surface area contributed by atoms with Gasteiger partial charge in [0.15, 0.2) is 0 Å². The second kappa shape index (κ2) is 7.53. The van der Waals surface area contributed by atoms with E-state index in [9.17, 15) is 9.59 Å². The summed E-state index contributed by atoms with van der Waals surface area (Å²) in [6.45, 7) is 2.21. The molecule has 1 aromatic rings. The van der Waals surface area contributed by atoms with Crippen LogP contribution in [-0.4, -0.2) is 54.7 Å². The van der Waals surface area contributed by atoms with Crippen molar-refractivity contribution >= 4 is 28.9 Å². The topological polar surface area (TPSA) is 78.9 Å². The molecule has 0 aliphatic carbocycles. The van der Waals surface area contributed by atoms with Crippen molar-refractivity contribution in [3.63, 3.8) is 0 Å². The zero-order chi connectivity index (χ0) is 15.2. The molecular formula is C14H20N2O4S. The molecule has 7 heteroatoms. The number of rotatable bonds is 6. The van der Waals surface area contributed by atoms with Crippen LogP contribution in [0.15, 0.2) is 11.4 Å². The Morgan fingerprint density at radius 1 is 1.48 bits per heavy atom. The summed E-state index contributed by atoms with van der Waals surface area (Å²) < 4.78 is 5.32. The van der Waals surface area contributed by atoms with Crippen LogP contribution < -0.4 is 5.32 Å². The highest BCUT2D eigenvalue weighted by Crippen LogP contribution is 2.22. The Bertz CT molecular complexity index is 497. The van der Waals surface area contributed by atoms with Crippen molar-refractivity contribution in [3.8, 4) is 0 Å². The molecule has 0 atom stereocenters. The Hall–Kier alpha value is -1.44. The molecule has 1 aromatic heterocycles. The highest BCUT2D eigenvalue weighted by molar-refractivity contribution is 7.12. The average molecular weight is 312 g/mol. The molecule has 2 heterocycles. The molecule has 1 saturated heterocycles. The van der Waals surface area contributed by atoms with E-state index in [2.05, 4.69) is 10.2 Å². The first-order valence-electron chi connectivity index (χ1n) is 6.96. The van der Waals surface area contributed by atoms with E-state index in [0.29, 0.717) is 24.7 Å². The predicted molar refractivity (Wildman–Crippen MR) is 81.0 cm³/mol. The molecule has 21 heavy (non-hydrogen) atoms. The van der Waals surface area contributed by atoms with Crippen molar-refractivity contribution < 1.29 is 19.4 Å². The smallest absolute Gasteiger partial charge is 0.348 e. The molecule has 0 radical (unpaired) electrons. The number of aromatic carboxylic acids is 1. The molecule has 0 spiro atoms. The fourth-order valence-electron chi connectivity index (χ4n) is 2.37. The minimum absolute atomic E-state index is 0.158. The number of carboxylic acids is 1. The highest BCUT2D eigenvalue weighted by Gasteiger charge is 2.19. The molecule has 1 amide bonds. The molecule has 2 rings (SSSR count). The van der Waals surface area contributed by atoms with Crippen LogP contribution in [0.1, 0.15) is 28.9 Å². The SMILES string of the molecule is CN(CCC(=O)Nc1ccsc1C(=O)O)C1CCOCC1. The lowest BCUT2D eigenvalue weighted by Gasteiger charge is -2.30. The van der Waals surface area contributed by atoms with Gasteiger partial charge in [0, 0.05) is 32.2 Å². The Balaban J connectivity index is 1.79. The number of carbonyl (C=O) groups is 2. The molecule has 1 aliphatic rings. The summed E-state index contributed by atoms with van der Waals surface area (Å²) in [5.74, 6) is -1.17. The highest BCUT2D eigenvalue weighted by atomic mass is 32.1. The number of anilines is 1. The fraction of sp³-hybridized carbons (Fsp3) is 0.571. The summed E-state index contributed by atoms with van der Waals surface area (Å²) in [6.07, 6.45) is 2.33. The minimum atomic E-state index is -1.01. The lowest BCUT2D eigenvalue weighted by atomic mass is 10.1. The molecule has 1 aliphatic heterocycles. The third kappa shape index (κ3) is 4.52. The van der Waals surface area contributed by atoms with Crippen LogP contribution in [0.3, 0.4) is 0 Å². The predicted octanol–water partition coefficient (Wildman–Crippen LogP) is 1.89. The molecule has 0 unspecified atom stereocenters. The Morgan fingerprint density at radius 3 is 2.86 bits per heavy atom. The van der Waals surface area contributed by atoms with Gasteiger partial charge in [0.1, 0.15) is 4.88 Å². The second-order valence-corrected chi connectivity index (χ2v) is 6.01. The number of hydrogen-bond acceptors (Lipinski definition) is 5. The van der Waals surface area contributed by atoms with E-state index in [1.165, 1.54) is 0 Å². The summed E-state index contributed by atoms with van der Waals surface area (Å²) in [4.78, 5) is 25.2. The molecule has 1 fully saturated rings. The Kier molecular flexibility index (Phi) is 5.72. The van der Waals surface area contributed by atoms with Gasteiger partial charge in [-0.1, -0.05) is 0 Å².